The maximum atomic E-state index is 12.9. The molecule has 3 rings (SSSR count). The molecule has 0 N–H and O–H groups in total. The molecular weight excluding hydrogens is 361 g/mol. The van der Waals surface area contributed by atoms with E-state index in [4.69, 9.17) is 0 Å². The van der Waals surface area contributed by atoms with Gasteiger partial charge in [-0.15, -0.1) is 11.8 Å². The molecule has 136 valence electrons. The second-order valence-corrected chi connectivity index (χ2v) is 7.26. The summed E-state index contributed by atoms with van der Waals surface area (Å²) in [7, 11) is 0. The van der Waals surface area contributed by atoms with E-state index in [9.17, 15) is 18.0 Å². The van der Waals surface area contributed by atoms with Crippen LogP contribution in [0, 0.1) is 6.92 Å². The van der Waals surface area contributed by atoms with E-state index < -0.39 is 17.3 Å². The van der Waals surface area contributed by atoms with Crippen molar-refractivity contribution in [2.75, 3.05) is 5.75 Å². The second kappa shape index (κ2) is 7.15. The Balaban J connectivity index is 2.07. The van der Waals surface area contributed by atoms with E-state index in [0.29, 0.717) is 0 Å². The third-order valence-corrected chi connectivity index (χ3v) is 4.99. The van der Waals surface area contributed by atoms with Crippen molar-refractivity contribution in [3.8, 4) is 0 Å². The molecule has 0 spiro atoms. The summed E-state index contributed by atoms with van der Waals surface area (Å²) in [6, 6.07) is 8.98. The van der Waals surface area contributed by atoms with E-state index in [-0.39, 0.29) is 17.4 Å². The molecule has 1 aromatic heterocycles. The molecule has 0 aliphatic rings. The number of nitrogens with zero attached hydrogens (tertiary/aromatic N) is 2. The van der Waals surface area contributed by atoms with E-state index in [2.05, 4.69) is 4.98 Å². The topological polar surface area (TPSA) is 34.9 Å². The molecule has 0 aliphatic carbocycles. The number of benzene rings is 2. The minimum absolute atomic E-state index is 0.0286. The van der Waals surface area contributed by atoms with Gasteiger partial charge in [0.25, 0.3) is 5.56 Å². The van der Waals surface area contributed by atoms with Gasteiger partial charge in [-0.1, -0.05) is 19.1 Å². The van der Waals surface area contributed by atoms with Crippen molar-refractivity contribution in [1.29, 1.82) is 0 Å². The third kappa shape index (κ3) is 3.77. The standard InChI is InChI=1S/C19H17F3N2OS/c1-3-26-17-8-12(2)4-5-13(17)10-24-11-23-16-7-6-14(19(20,21)22)9-15(16)18(24)25/h4-9,11H,3,10H2,1-2H3. The molecule has 26 heavy (non-hydrogen) atoms. The zero-order chi connectivity index (χ0) is 18.9. The molecule has 3 nitrogen and oxygen atoms in total. The van der Waals surface area contributed by atoms with Gasteiger partial charge in [0.05, 0.1) is 29.3 Å². The second-order valence-electron chi connectivity index (χ2n) is 5.95. The van der Waals surface area contributed by atoms with Gasteiger partial charge in [-0.05, 0) is 48.1 Å². The van der Waals surface area contributed by atoms with Gasteiger partial charge in [-0.25, -0.2) is 4.98 Å². The van der Waals surface area contributed by atoms with Crippen LogP contribution in [0.15, 0.2) is 52.4 Å². The number of aryl methyl sites for hydroxylation is 1. The van der Waals surface area contributed by atoms with Crippen molar-refractivity contribution in [3.63, 3.8) is 0 Å². The molecule has 0 fully saturated rings. The van der Waals surface area contributed by atoms with Gasteiger partial charge in [0, 0.05) is 4.90 Å². The summed E-state index contributed by atoms with van der Waals surface area (Å²) in [5, 5.41) is -0.0286. The van der Waals surface area contributed by atoms with Crippen molar-refractivity contribution in [1.82, 2.24) is 9.55 Å². The predicted octanol–water partition coefficient (Wildman–Crippen LogP) is 4.88. The normalized spacial score (nSPS) is 11.9. The van der Waals surface area contributed by atoms with E-state index in [1.807, 2.05) is 32.0 Å². The summed E-state index contributed by atoms with van der Waals surface area (Å²) in [4.78, 5) is 17.9. The lowest BCUT2D eigenvalue weighted by molar-refractivity contribution is -0.137. The maximum Gasteiger partial charge on any atom is 0.416 e. The van der Waals surface area contributed by atoms with Gasteiger partial charge in [-0.3, -0.25) is 9.36 Å². The number of rotatable bonds is 4. The minimum atomic E-state index is -4.50. The van der Waals surface area contributed by atoms with Crippen molar-refractivity contribution >= 4 is 22.7 Å². The Bertz CT molecular complexity index is 1010. The molecule has 3 aromatic rings. The van der Waals surface area contributed by atoms with Crippen LogP contribution in [0.5, 0.6) is 0 Å². The highest BCUT2D eigenvalue weighted by atomic mass is 32.2. The van der Waals surface area contributed by atoms with E-state index in [0.717, 1.165) is 33.9 Å². The fourth-order valence-electron chi connectivity index (χ4n) is 2.71. The summed E-state index contributed by atoms with van der Waals surface area (Å²) < 4.78 is 40.2. The van der Waals surface area contributed by atoms with Crippen LogP contribution >= 0.6 is 11.8 Å². The Kier molecular flexibility index (Phi) is 5.09. The van der Waals surface area contributed by atoms with Crippen LogP contribution < -0.4 is 5.56 Å². The van der Waals surface area contributed by atoms with Crippen molar-refractivity contribution in [3.05, 3.63) is 69.8 Å². The van der Waals surface area contributed by atoms with Gasteiger partial charge in [-0.2, -0.15) is 13.2 Å². The Labute approximate surface area is 152 Å². The van der Waals surface area contributed by atoms with Gasteiger partial charge in [0.15, 0.2) is 0 Å². The summed E-state index contributed by atoms with van der Waals surface area (Å²) in [5.74, 6) is 0.885. The molecule has 0 radical (unpaired) electrons. The molecule has 0 amide bonds. The number of halogens is 3. The lowest BCUT2D eigenvalue weighted by atomic mass is 10.1. The van der Waals surface area contributed by atoms with Crippen LogP contribution in [0.3, 0.4) is 0 Å². The van der Waals surface area contributed by atoms with Crippen molar-refractivity contribution in [2.24, 2.45) is 0 Å². The smallest absolute Gasteiger partial charge is 0.294 e. The number of hydrogen-bond donors (Lipinski definition) is 0. The highest BCUT2D eigenvalue weighted by Gasteiger charge is 2.30. The minimum Gasteiger partial charge on any atom is -0.294 e. The van der Waals surface area contributed by atoms with Crippen molar-refractivity contribution < 1.29 is 13.2 Å². The average Bonchev–Trinajstić information content (AvgIpc) is 2.58. The van der Waals surface area contributed by atoms with Crippen LogP contribution in [-0.2, 0) is 12.7 Å². The fraction of sp³-hybridized carbons (Fsp3) is 0.263. The maximum absolute atomic E-state index is 12.9. The fourth-order valence-corrected chi connectivity index (χ4v) is 3.61. The quantitative estimate of drug-likeness (QED) is 0.607. The first kappa shape index (κ1) is 18.5. The summed E-state index contributed by atoms with van der Waals surface area (Å²) in [6.45, 7) is 4.30. The largest absolute Gasteiger partial charge is 0.416 e. The summed E-state index contributed by atoms with van der Waals surface area (Å²) in [5.41, 5.74) is 0.987. The van der Waals surface area contributed by atoms with Gasteiger partial charge in [0.2, 0.25) is 0 Å². The van der Waals surface area contributed by atoms with Crippen LogP contribution in [-0.4, -0.2) is 15.3 Å². The Hall–Kier alpha value is -2.28. The molecule has 0 aliphatic heterocycles. The molecule has 2 aromatic carbocycles. The zero-order valence-corrected chi connectivity index (χ0v) is 15.1. The number of aromatic nitrogens is 2. The van der Waals surface area contributed by atoms with E-state index >= 15 is 0 Å². The van der Waals surface area contributed by atoms with Gasteiger partial charge < -0.3 is 0 Å². The van der Waals surface area contributed by atoms with Gasteiger partial charge in [0.1, 0.15) is 0 Å². The summed E-state index contributed by atoms with van der Waals surface area (Å²) >= 11 is 1.67. The Morgan fingerprint density at radius 3 is 2.62 bits per heavy atom. The Morgan fingerprint density at radius 1 is 1.15 bits per heavy atom. The third-order valence-electron chi connectivity index (χ3n) is 4.01. The Morgan fingerprint density at radius 2 is 1.92 bits per heavy atom. The molecule has 1 heterocycles. The lowest BCUT2D eigenvalue weighted by Gasteiger charge is -2.12. The number of thioether (sulfide) groups is 1. The van der Waals surface area contributed by atoms with Gasteiger partial charge >= 0.3 is 6.18 Å². The molecule has 0 bridgehead atoms. The highest BCUT2D eigenvalue weighted by Crippen LogP contribution is 2.30. The van der Waals surface area contributed by atoms with Crippen LogP contribution in [0.1, 0.15) is 23.6 Å². The SMILES string of the molecule is CCSc1cc(C)ccc1Cn1cnc2ccc(C(F)(F)F)cc2c1=O. The van der Waals surface area contributed by atoms with Crippen LogP contribution in [0.25, 0.3) is 10.9 Å². The number of fused-ring (bicyclic) bond motifs is 1. The molecule has 7 heteroatoms. The number of alkyl halides is 3. The summed E-state index contributed by atoms with van der Waals surface area (Å²) in [6.07, 6.45) is -3.11. The van der Waals surface area contributed by atoms with Crippen LogP contribution in [0.4, 0.5) is 13.2 Å². The average molecular weight is 378 g/mol. The molecule has 0 saturated heterocycles. The first-order chi connectivity index (χ1) is 12.3. The van der Waals surface area contributed by atoms with Crippen molar-refractivity contribution in [2.45, 2.75) is 31.5 Å². The van der Waals surface area contributed by atoms with Crippen LogP contribution in [0.2, 0.25) is 0 Å². The molecule has 0 unspecified atom stereocenters. The zero-order valence-electron chi connectivity index (χ0n) is 14.3. The first-order valence-electron chi connectivity index (χ1n) is 8.08. The monoisotopic (exact) mass is 378 g/mol. The van der Waals surface area contributed by atoms with E-state index in [1.54, 1.807) is 11.8 Å². The predicted molar refractivity (Wildman–Crippen MR) is 97.7 cm³/mol. The lowest BCUT2D eigenvalue weighted by Crippen LogP contribution is -2.22. The van der Waals surface area contributed by atoms with E-state index in [1.165, 1.54) is 17.0 Å². The molecule has 0 saturated carbocycles. The number of hydrogen-bond acceptors (Lipinski definition) is 3. The highest BCUT2D eigenvalue weighted by molar-refractivity contribution is 7.99. The molecule has 0 atom stereocenters. The molecular formula is C19H17F3N2OS. The first-order valence-corrected chi connectivity index (χ1v) is 9.07.